The molecule has 0 saturated heterocycles. The highest BCUT2D eigenvalue weighted by Gasteiger charge is 2.14. The van der Waals surface area contributed by atoms with Crippen molar-refractivity contribution in [3.8, 4) is 11.5 Å². The first-order valence-corrected chi connectivity index (χ1v) is 7.40. The summed E-state index contributed by atoms with van der Waals surface area (Å²) in [5, 5.41) is 3.56. The fourth-order valence-corrected chi connectivity index (χ4v) is 2.75. The fraction of sp³-hybridized carbons (Fsp3) is 0.400. The van der Waals surface area contributed by atoms with Gasteiger partial charge in [0.15, 0.2) is 11.5 Å². The monoisotopic (exact) mass is 292 g/mol. The zero-order valence-electron chi connectivity index (χ0n) is 12.2. The molecule has 4 nitrogen and oxygen atoms in total. The molecule has 2 atom stereocenters. The molecule has 1 aromatic carbocycles. The van der Waals surface area contributed by atoms with E-state index in [-0.39, 0.29) is 12.1 Å². The average Bonchev–Trinajstić information content (AvgIpc) is 3.00. The van der Waals surface area contributed by atoms with E-state index in [0.29, 0.717) is 0 Å². The van der Waals surface area contributed by atoms with Gasteiger partial charge in [-0.3, -0.25) is 4.98 Å². The third-order valence-electron chi connectivity index (χ3n) is 3.29. The molecule has 1 aromatic heterocycles. The zero-order valence-corrected chi connectivity index (χ0v) is 13.0. The second-order valence-electron chi connectivity index (χ2n) is 4.63. The summed E-state index contributed by atoms with van der Waals surface area (Å²) < 4.78 is 10.6. The van der Waals surface area contributed by atoms with Crippen LogP contribution < -0.4 is 14.8 Å². The van der Waals surface area contributed by atoms with Crippen molar-refractivity contribution in [3.63, 3.8) is 0 Å². The largest absolute Gasteiger partial charge is 0.493 e. The van der Waals surface area contributed by atoms with Gasteiger partial charge in [0.25, 0.3) is 0 Å². The number of nitrogens with one attached hydrogen (secondary N) is 1. The van der Waals surface area contributed by atoms with Gasteiger partial charge in [0, 0.05) is 23.2 Å². The Kier molecular flexibility index (Phi) is 4.98. The molecule has 1 N–H and O–H groups in total. The van der Waals surface area contributed by atoms with E-state index in [1.54, 1.807) is 25.6 Å². The van der Waals surface area contributed by atoms with Crippen molar-refractivity contribution < 1.29 is 9.47 Å². The van der Waals surface area contributed by atoms with Crippen LogP contribution in [0, 0.1) is 0 Å². The lowest BCUT2D eigenvalue weighted by Crippen LogP contribution is -2.21. The standard InChI is InChI=1S/C15H20N2O2S/c1-10(17-11(2)15-8-16-9-20-15)12-5-6-13(18-3)14(7-12)19-4/h5-11,17H,1-4H3. The quantitative estimate of drug-likeness (QED) is 0.884. The Morgan fingerprint density at radius 2 is 1.85 bits per heavy atom. The van der Waals surface area contributed by atoms with Gasteiger partial charge in [-0.2, -0.15) is 0 Å². The van der Waals surface area contributed by atoms with Gasteiger partial charge in [-0.15, -0.1) is 11.3 Å². The van der Waals surface area contributed by atoms with Gasteiger partial charge in [-0.1, -0.05) is 6.07 Å². The molecule has 2 rings (SSSR count). The fourth-order valence-electron chi connectivity index (χ4n) is 2.11. The minimum Gasteiger partial charge on any atom is -0.493 e. The Bertz CT molecular complexity index is 543. The molecule has 20 heavy (non-hydrogen) atoms. The summed E-state index contributed by atoms with van der Waals surface area (Å²) in [6.07, 6.45) is 1.91. The number of hydrogen-bond acceptors (Lipinski definition) is 5. The molecule has 0 spiro atoms. The molecule has 108 valence electrons. The van der Waals surface area contributed by atoms with Crippen LogP contribution in [0.3, 0.4) is 0 Å². The summed E-state index contributed by atoms with van der Waals surface area (Å²) in [4.78, 5) is 5.35. The van der Waals surface area contributed by atoms with Crippen LogP contribution in [0.25, 0.3) is 0 Å². The van der Waals surface area contributed by atoms with Crippen LogP contribution in [0.1, 0.15) is 36.4 Å². The number of thiazole rings is 1. The van der Waals surface area contributed by atoms with Crippen LogP contribution in [0.2, 0.25) is 0 Å². The first-order valence-electron chi connectivity index (χ1n) is 6.52. The summed E-state index contributed by atoms with van der Waals surface area (Å²) in [5.74, 6) is 1.50. The van der Waals surface area contributed by atoms with Crippen molar-refractivity contribution in [2.24, 2.45) is 0 Å². The summed E-state index contributed by atoms with van der Waals surface area (Å²) in [6, 6.07) is 6.48. The van der Waals surface area contributed by atoms with Gasteiger partial charge >= 0.3 is 0 Å². The molecular weight excluding hydrogens is 272 g/mol. The van der Waals surface area contributed by atoms with E-state index in [1.807, 2.05) is 23.8 Å². The molecule has 2 unspecified atom stereocenters. The summed E-state index contributed by atoms with van der Waals surface area (Å²) >= 11 is 1.66. The second-order valence-corrected chi connectivity index (χ2v) is 5.55. The van der Waals surface area contributed by atoms with Crippen LogP contribution in [0.5, 0.6) is 11.5 Å². The SMILES string of the molecule is COc1ccc(C(C)NC(C)c2cncs2)cc1OC. The van der Waals surface area contributed by atoms with Crippen LogP contribution >= 0.6 is 11.3 Å². The highest BCUT2D eigenvalue weighted by molar-refractivity contribution is 7.09. The number of methoxy groups -OCH3 is 2. The predicted molar refractivity (Wildman–Crippen MR) is 81.6 cm³/mol. The van der Waals surface area contributed by atoms with E-state index < -0.39 is 0 Å². The maximum Gasteiger partial charge on any atom is 0.161 e. The first-order chi connectivity index (χ1) is 9.65. The molecule has 2 aromatic rings. The minimum atomic E-state index is 0.215. The molecule has 0 aliphatic rings. The smallest absolute Gasteiger partial charge is 0.161 e. The maximum absolute atomic E-state index is 5.34. The van der Waals surface area contributed by atoms with E-state index in [9.17, 15) is 0 Å². The summed E-state index contributed by atoms with van der Waals surface area (Å²) in [6.45, 7) is 4.28. The van der Waals surface area contributed by atoms with E-state index in [1.165, 1.54) is 10.4 Å². The number of nitrogens with zero attached hydrogens (tertiary/aromatic N) is 1. The highest BCUT2D eigenvalue weighted by Crippen LogP contribution is 2.30. The van der Waals surface area contributed by atoms with Crippen molar-refractivity contribution in [1.82, 2.24) is 10.3 Å². The lowest BCUT2D eigenvalue weighted by atomic mass is 10.1. The van der Waals surface area contributed by atoms with Crippen molar-refractivity contribution in [2.45, 2.75) is 25.9 Å². The molecule has 0 bridgehead atoms. The number of aromatic nitrogens is 1. The molecule has 1 heterocycles. The Balaban J connectivity index is 2.11. The summed E-state index contributed by atoms with van der Waals surface area (Å²) in [7, 11) is 3.30. The Labute approximate surface area is 123 Å². The van der Waals surface area contributed by atoms with E-state index in [2.05, 4.69) is 30.2 Å². The molecule has 0 fully saturated rings. The minimum absolute atomic E-state index is 0.215. The van der Waals surface area contributed by atoms with Gasteiger partial charge in [-0.25, -0.2) is 0 Å². The maximum atomic E-state index is 5.34. The number of benzene rings is 1. The van der Waals surface area contributed by atoms with Gasteiger partial charge < -0.3 is 14.8 Å². The summed E-state index contributed by atoms with van der Waals surface area (Å²) in [5.41, 5.74) is 3.02. The van der Waals surface area contributed by atoms with Crippen LogP contribution in [0.4, 0.5) is 0 Å². The Morgan fingerprint density at radius 1 is 1.10 bits per heavy atom. The Hall–Kier alpha value is -1.59. The number of hydrogen-bond donors (Lipinski definition) is 1. The third-order valence-corrected chi connectivity index (χ3v) is 4.24. The molecule has 0 aliphatic heterocycles. The first kappa shape index (κ1) is 14.8. The molecule has 0 amide bonds. The number of rotatable bonds is 6. The highest BCUT2D eigenvalue weighted by atomic mass is 32.1. The molecule has 0 aliphatic carbocycles. The van der Waals surface area contributed by atoms with Crippen molar-refractivity contribution in [2.75, 3.05) is 14.2 Å². The van der Waals surface area contributed by atoms with Crippen molar-refractivity contribution in [1.29, 1.82) is 0 Å². The Morgan fingerprint density at radius 3 is 2.45 bits per heavy atom. The van der Waals surface area contributed by atoms with Gasteiger partial charge in [0.2, 0.25) is 0 Å². The molecule has 0 saturated carbocycles. The van der Waals surface area contributed by atoms with Gasteiger partial charge in [0.1, 0.15) is 0 Å². The normalized spacial score (nSPS) is 13.8. The lowest BCUT2D eigenvalue weighted by molar-refractivity contribution is 0.353. The second kappa shape index (κ2) is 6.72. The van der Waals surface area contributed by atoms with Gasteiger partial charge in [0.05, 0.1) is 19.7 Å². The van der Waals surface area contributed by atoms with E-state index in [0.717, 1.165) is 11.5 Å². The average molecular weight is 292 g/mol. The third kappa shape index (κ3) is 3.29. The lowest BCUT2D eigenvalue weighted by Gasteiger charge is -2.20. The van der Waals surface area contributed by atoms with Crippen LogP contribution in [-0.4, -0.2) is 19.2 Å². The van der Waals surface area contributed by atoms with E-state index in [4.69, 9.17) is 9.47 Å². The van der Waals surface area contributed by atoms with Crippen LogP contribution in [0.15, 0.2) is 29.9 Å². The number of ether oxygens (including phenoxy) is 2. The topological polar surface area (TPSA) is 43.4 Å². The molecule has 0 radical (unpaired) electrons. The molecular formula is C15H20N2O2S. The molecule has 5 heteroatoms. The van der Waals surface area contributed by atoms with Crippen molar-refractivity contribution in [3.05, 3.63) is 40.3 Å². The van der Waals surface area contributed by atoms with Crippen LogP contribution in [-0.2, 0) is 0 Å². The zero-order chi connectivity index (χ0) is 14.5. The van der Waals surface area contributed by atoms with Gasteiger partial charge in [-0.05, 0) is 31.5 Å². The predicted octanol–water partition coefficient (Wildman–Crippen LogP) is 3.57. The van der Waals surface area contributed by atoms with E-state index >= 15 is 0 Å². The van der Waals surface area contributed by atoms with Crippen molar-refractivity contribution >= 4 is 11.3 Å².